The van der Waals surface area contributed by atoms with Crippen LogP contribution >= 0.6 is 11.8 Å². The summed E-state index contributed by atoms with van der Waals surface area (Å²) in [5, 5.41) is 22.4. The number of nitrogens with zero attached hydrogens (tertiary/aromatic N) is 4. The van der Waals surface area contributed by atoms with Crippen molar-refractivity contribution in [3.8, 4) is 11.4 Å². The van der Waals surface area contributed by atoms with Crippen molar-refractivity contribution >= 4 is 29.0 Å². The average Bonchev–Trinajstić information content (AvgIpc) is 3.23. The van der Waals surface area contributed by atoms with Gasteiger partial charge in [-0.2, -0.15) is 0 Å². The number of halogens is 1. The molecule has 172 valence electrons. The Bertz CT molecular complexity index is 1160. The lowest BCUT2D eigenvalue weighted by atomic mass is 9.95. The molecule has 0 spiro atoms. The number of hydrogen-bond donors (Lipinski definition) is 1. The number of thioether (sulfide) groups is 1. The highest BCUT2D eigenvalue weighted by Crippen LogP contribution is 2.37. The van der Waals surface area contributed by atoms with E-state index in [-0.39, 0.29) is 29.1 Å². The summed E-state index contributed by atoms with van der Waals surface area (Å²) < 4.78 is 16.5. The third-order valence-corrected chi connectivity index (χ3v) is 6.79. The van der Waals surface area contributed by atoms with Gasteiger partial charge in [0, 0.05) is 12.1 Å². The molecule has 1 aromatic heterocycles. The number of hydrogen-bond acceptors (Lipinski definition) is 6. The van der Waals surface area contributed by atoms with E-state index in [1.54, 1.807) is 37.3 Å². The Hall–Kier alpha value is -3.27. The largest absolute Gasteiger partial charge is 0.319 e. The summed E-state index contributed by atoms with van der Waals surface area (Å²) in [6, 6.07) is 12.6. The zero-order valence-corrected chi connectivity index (χ0v) is 18.9. The minimum absolute atomic E-state index is 0.122. The van der Waals surface area contributed by atoms with Crippen LogP contribution in [0.1, 0.15) is 45.1 Å². The Labute approximate surface area is 194 Å². The van der Waals surface area contributed by atoms with Crippen LogP contribution in [0, 0.1) is 15.9 Å². The molecule has 2 aromatic carbocycles. The second kappa shape index (κ2) is 10.1. The molecule has 1 amide bonds. The van der Waals surface area contributed by atoms with E-state index in [9.17, 15) is 19.3 Å². The van der Waals surface area contributed by atoms with Gasteiger partial charge >= 0.3 is 0 Å². The minimum Gasteiger partial charge on any atom is -0.319 e. The normalized spacial score (nSPS) is 15.2. The molecular weight excluding hydrogens is 445 g/mol. The lowest BCUT2D eigenvalue weighted by Crippen LogP contribution is -2.24. The SMILES string of the molecule is C[C@H](Sc1nnc(-c2ccccc2F)n1C1CCCCC1)C(=O)Nc1ccccc1[N+](=O)[O-]. The van der Waals surface area contributed by atoms with Gasteiger partial charge in [0.05, 0.1) is 15.7 Å². The highest BCUT2D eigenvalue weighted by Gasteiger charge is 2.28. The number of nitrogens with one attached hydrogen (secondary N) is 1. The van der Waals surface area contributed by atoms with E-state index in [0.29, 0.717) is 16.5 Å². The van der Waals surface area contributed by atoms with Crippen molar-refractivity contribution < 1.29 is 14.1 Å². The standard InChI is InChI=1S/C23H24FN5O3S/c1-15(22(30)25-19-13-7-8-14-20(19)29(31)32)33-23-27-26-21(17-11-5-6-12-18(17)24)28(23)16-9-3-2-4-10-16/h5-8,11-16H,2-4,9-10H2,1H3,(H,25,30)/t15-/m0/s1. The Balaban J connectivity index is 1.60. The summed E-state index contributed by atoms with van der Waals surface area (Å²) in [5.41, 5.74) is 0.343. The lowest BCUT2D eigenvalue weighted by Gasteiger charge is -2.26. The Morgan fingerprint density at radius 2 is 1.85 bits per heavy atom. The molecular formula is C23H24FN5O3S. The van der Waals surface area contributed by atoms with Crippen molar-refractivity contribution in [1.82, 2.24) is 14.8 Å². The molecule has 10 heteroatoms. The molecule has 0 saturated heterocycles. The van der Waals surface area contributed by atoms with Crippen molar-refractivity contribution in [2.75, 3.05) is 5.32 Å². The Kier molecular flexibility index (Phi) is 7.02. The molecule has 0 unspecified atom stereocenters. The quantitative estimate of drug-likeness (QED) is 0.274. The molecule has 1 heterocycles. The first-order valence-electron chi connectivity index (χ1n) is 10.9. The number of nitro benzene ring substituents is 1. The summed E-state index contributed by atoms with van der Waals surface area (Å²) in [6.07, 6.45) is 5.16. The fourth-order valence-corrected chi connectivity index (χ4v) is 4.96. The molecule has 4 rings (SSSR count). The van der Waals surface area contributed by atoms with Gasteiger partial charge < -0.3 is 5.32 Å². The zero-order chi connectivity index (χ0) is 23.4. The maximum Gasteiger partial charge on any atom is 0.292 e. The molecule has 33 heavy (non-hydrogen) atoms. The van der Waals surface area contributed by atoms with E-state index in [1.165, 1.54) is 30.0 Å². The molecule has 1 fully saturated rings. The minimum atomic E-state index is -0.607. The van der Waals surface area contributed by atoms with E-state index in [1.807, 2.05) is 4.57 Å². The molecule has 1 aliphatic rings. The molecule has 3 aromatic rings. The van der Waals surface area contributed by atoms with Crippen LogP contribution < -0.4 is 5.32 Å². The first-order chi connectivity index (χ1) is 16.0. The van der Waals surface area contributed by atoms with Crippen LogP contribution in [0.25, 0.3) is 11.4 Å². The van der Waals surface area contributed by atoms with Gasteiger partial charge in [0.1, 0.15) is 11.5 Å². The molecule has 0 bridgehead atoms. The van der Waals surface area contributed by atoms with E-state index < -0.39 is 10.2 Å². The summed E-state index contributed by atoms with van der Waals surface area (Å²) in [4.78, 5) is 23.5. The number of nitro groups is 1. The van der Waals surface area contributed by atoms with Gasteiger partial charge in [0.15, 0.2) is 11.0 Å². The van der Waals surface area contributed by atoms with Gasteiger partial charge in [-0.15, -0.1) is 10.2 Å². The molecule has 0 radical (unpaired) electrons. The smallest absolute Gasteiger partial charge is 0.292 e. The first kappa shape index (κ1) is 22.9. The summed E-state index contributed by atoms with van der Waals surface area (Å²) >= 11 is 1.21. The molecule has 1 atom stereocenters. The van der Waals surface area contributed by atoms with Crippen LogP contribution in [-0.2, 0) is 4.79 Å². The van der Waals surface area contributed by atoms with Crippen LogP contribution in [0.4, 0.5) is 15.8 Å². The van der Waals surface area contributed by atoms with E-state index in [4.69, 9.17) is 0 Å². The zero-order valence-electron chi connectivity index (χ0n) is 18.1. The number of carbonyl (C=O) groups excluding carboxylic acids is 1. The van der Waals surface area contributed by atoms with Crippen molar-refractivity contribution in [1.29, 1.82) is 0 Å². The fourth-order valence-electron chi connectivity index (χ4n) is 4.04. The highest BCUT2D eigenvalue weighted by molar-refractivity contribution is 8.00. The highest BCUT2D eigenvalue weighted by atomic mass is 32.2. The van der Waals surface area contributed by atoms with E-state index in [2.05, 4.69) is 15.5 Å². The van der Waals surface area contributed by atoms with Crippen molar-refractivity contribution in [2.24, 2.45) is 0 Å². The van der Waals surface area contributed by atoms with Crippen LogP contribution in [0.15, 0.2) is 53.7 Å². The van der Waals surface area contributed by atoms with Crippen LogP contribution in [0.3, 0.4) is 0 Å². The molecule has 1 aliphatic carbocycles. The third kappa shape index (κ3) is 5.05. The Morgan fingerprint density at radius 1 is 1.15 bits per heavy atom. The fraction of sp³-hybridized carbons (Fsp3) is 0.348. The maximum atomic E-state index is 14.6. The molecule has 8 nitrogen and oxygen atoms in total. The predicted octanol–water partition coefficient (Wildman–Crippen LogP) is 5.62. The van der Waals surface area contributed by atoms with Crippen molar-refractivity contribution in [3.05, 3.63) is 64.5 Å². The van der Waals surface area contributed by atoms with Crippen LogP contribution in [0.2, 0.25) is 0 Å². The second-order valence-corrected chi connectivity index (χ2v) is 9.28. The molecule has 0 aliphatic heterocycles. The van der Waals surface area contributed by atoms with E-state index >= 15 is 0 Å². The maximum absolute atomic E-state index is 14.6. The summed E-state index contributed by atoms with van der Waals surface area (Å²) in [5.74, 6) is -0.311. The number of para-hydroxylation sites is 2. The predicted molar refractivity (Wildman–Crippen MR) is 125 cm³/mol. The number of carbonyl (C=O) groups is 1. The molecule has 1 saturated carbocycles. The van der Waals surface area contributed by atoms with Gasteiger partial charge in [-0.05, 0) is 38.0 Å². The van der Waals surface area contributed by atoms with Gasteiger partial charge in [-0.3, -0.25) is 19.5 Å². The first-order valence-corrected chi connectivity index (χ1v) is 11.7. The van der Waals surface area contributed by atoms with Gasteiger partial charge in [-0.1, -0.05) is 55.3 Å². The number of benzene rings is 2. The summed E-state index contributed by atoms with van der Waals surface area (Å²) in [7, 11) is 0. The van der Waals surface area contributed by atoms with Crippen molar-refractivity contribution in [3.63, 3.8) is 0 Å². The number of amides is 1. The van der Waals surface area contributed by atoms with Crippen molar-refractivity contribution in [2.45, 2.75) is 55.5 Å². The molecule has 1 N–H and O–H groups in total. The Morgan fingerprint density at radius 3 is 2.58 bits per heavy atom. The number of anilines is 1. The van der Waals surface area contributed by atoms with E-state index in [0.717, 1.165) is 32.1 Å². The monoisotopic (exact) mass is 469 g/mol. The lowest BCUT2D eigenvalue weighted by molar-refractivity contribution is -0.383. The topological polar surface area (TPSA) is 103 Å². The van der Waals surface area contributed by atoms with Crippen LogP contribution in [0.5, 0.6) is 0 Å². The van der Waals surface area contributed by atoms with Gasteiger partial charge in [-0.25, -0.2) is 4.39 Å². The van der Waals surface area contributed by atoms with Gasteiger partial charge in [0.25, 0.3) is 5.69 Å². The van der Waals surface area contributed by atoms with Gasteiger partial charge in [0.2, 0.25) is 5.91 Å². The number of rotatable bonds is 7. The second-order valence-electron chi connectivity index (χ2n) is 7.97. The third-order valence-electron chi connectivity index (χ3n) is 5.73. The van der Waals surface area contributed by atoms with Crippen LogP contribution in [-0.4, -0.2) is 30.8 Å². The average molecular weight is 470 g/mol. The summed E-state index contributed by atoms with van der Waals surface area (Å²) in [6.45, 7) is 1.71. The number of aromatic nitrogens is 3.